The average molecular weight is 391 g/mol. The van der Waals surface area contributed by atoms with Gasteiger partial charge in [-0.1, -0.05) is 23.2 Å². The van der Waals surface area contributed by atoms with Crippen molar-refractivity contribution in [2.75, 3.05) is 0 Å². The lowest BCUT2D eigenvalue weighted by Gasteiger charge is -2.15. The summed E-state index contributed by atoms with van der Waals surface area (Å²) in [4.78, 5) is 0. The number of rotatable bonds is 2. The SMILES string of the molecule is Oc1ccc(Oc2c(Cl)cc(C(F)(F)F)cc2Cl)cc1C(F)(F)F. The maximum Gasteiger partial charge on any atom is 0.420 e. The van der Waals surface area contributed by atoms with Crippen LogP contribution >= 0.6 is 23.2 Å². The van der Waals surface area contributed by atoms with E-state index >= 15 is 0 Å². The zero-order chi connectivity index (χ0) is 18.3. The Hall–Kier alpha value is -1.80. The van der Waals surface area contributed by atoms with Crippen LogP contribution in [-0.4, -0.2) is 5.11 Å². The zero-order valence-corrected chi connectivity index (χ0v) is 12.8. The van der Waals surface area contributed by atoms with E-state index in [0.717, 1.165) is 12.1 Å². The van der Waals surface area contributed by atoms with Crippen LogP contribution in [0.5, 0.6) is 17.2 Å². The number of alkyl halides is 6. The third-order valence-corrected chi connectivity index (χ3v) is 3.38. The van der Waals surface area contributed by atoms with E-state index in [4.69, 9.17) is 27.9 Å². The van der Waals surface area contributed by atoms with Gasteiger partial charge in [-0.2, -0.15) is 26.3 Å². The standard InChI is InChI=1S/C14H6Cl2F6O2/c15-9-3-6(13(17,18)19)4-10(16)12(9)24-7-1-2-11(23)8(5-7)14(20,21)22/h1-5,23H. The van der Waals surface area contributed by atoms with Crippen molar-refractivity contribution in [3.05, 3.63) is 51.5 Å². The fourth-order valence-corrected chi connectivity index (χ4v) is 2.31. The Labute approximate surface area is 141 Å². The smallest absolute Gasteiger partial charge is 0.420 e. The van der Waals surface area contributed by atoms with Gasteiger partial charge in [-0.25, -0.2) is 0 Å². The maximum absolute atomic E-state index is 12.7. The Morgan fingerprint density at radius 2 is 1.38 bits per heavy atom. The molecule has 2 aromatic carbocycles. The maximum atomic E-state index is 12.7. The first-order valence-corrected chi connectivity index (χ1v) is 6.79. The number of ether oxygens (including phenoxy) is 1. The number of aromatic hydroxyl groups is 1. The van der Waals surface area contributed by atoms with E-state index < -0.39 is 50.8 Å². The molecule has 0 aromatic heterocycles. The first-order valence-electron chi connectivity index (χ1n) is 6.04. The summed E-state index contributed by atoms with van der Waals surface area (Å²) >= 11 is 11.3. The predicted octanol–water partition coefficient (Wildman–Crippen LogP) is 6.53. The molecule has 0 spiro atoms. The number of benzene rings is 2. The molecule has 1 N–H and O–H groups in total. The van der Waals surface area contributed by atoms with E-state index in [1.807, 2.05) is 0 Å². The summed E-state index contributed by atoms with van der Waals surface area (Å²) in [6.07, 6.45) is -9.55. The first kappa shape index (κ1) is 18.5. The molecule has 0 unspecified atom stereocenters. The molecule has 2 nitrogen and oxygen atoms in total. The van der Waals surface area contributed by atoms with Crippen LogP contribution in [0.15, 0.2) is 30.3 Å². The van der Waals surface area contributed by atoms with Gasteiger partial charge >= 0.3 is 12.4 Å². The number of phenols is 1. The quantitative estimate of drug-likeness (QED) is 0.590. The summed E-state index contributed by atoms with van der Waals surface area (Å²) in [7, 11) is 0. The molecule has 130 valence electrons. The molecular weight excluding hydrogens is 385 g/mol. The highest BCUT2D eigenvalue weighted by Gasteiger charge is 2.35. The van der Waals surface area contributed by atoms with Crippen molar-refractivity contribution in [1.29, 1.82) is 0 Å². The van der Waals surface area contributed by atoms with Gasteiger partial charge in [0.1, 0.15) is 17.1 Å². The number of phenolic OH excluding ortho intramolecular Hbond substituents is 1. The third-order valence-electron chi connectivity index (χ3n) is 2.82. The van der Waals surface area contributed by atoms with E-state index in [1.165, 1.54) is 0 Å². The van der Waals surface area contributed by atoms with E-state index in [2.05, 4.69) is 0 Å². The molecule has 0 bridgehead atoms. The van der Waals surface area contributed by atoms with Gasteiger partial charge in [0, 0.05) is 0 Å². The highest BCUT2D eigenvalue weighted by Crippen LogP contribution is 2.43. The van der Waals surface area contributed by atoms with E-state index in [0.29, 0.717) is 18.2 Å². The Bertz CT molecular complexity index is 748. The summed E-state index contributed by atoms with van der Waals surface area (Å²) in [5.41, 5.74) is -2.51. The van der Waals surface area contributed by atoms with Gasteiger partial charge in [0.2, 0.25) is 0 Å². The summed E-state index contributed by atoms with van der Waals surface area (Å²) in [5, 5.41) is 8.16. The fourth-order valence-electron chi connectivity index (χ4n) is 1.74. The first-order chi connectivity index (χ1) is 10.9. The van der Waals surface area contributed by atoms with Gasteiger partial charge in [0.05, 0.1) is 15.6 Å². The minimum absolute atomic E-state index is 0.413. The molecule has 0 amide bonds. The van der Waals surface area contributed by atoms with Crippen molar-refractivity contribution in [3.63, 3.8) is 0 Å². The molecular formula is C14H6Cl2F6O2. The van der Waals surface area contributed by atoms with Gasteiger partial charge in [-0.15, -0.1) is 0 Å². The molecule has 0 aliphatic rings. The highest BCUT2D eigenvalue weighted by atomic mass is 35.5. The Balaban J connectivity index is 2.43. The monoisotopic (exact) mass is 390 g/mol. The van der Waals surface area contributed by atoms with E-state index in [-0.39, 0.29) is 0 Å². The van der Waals surface area contributed by atoms with Gasteiger partial charge < -0.3 is 9.84 Å². The lowest BCUT2D eigenvalue weighted by molar-refractivity contribution is -0.139. The molecule has 0 atom stereocenters. The fraction of sp³-hybridized carbons (Fsp3) is 0.143. The minimum atomic E-state index is -4.85. The van der Waals surface area contributed by atoms with Gasteiger partial charge in [0.15, 0.2) is 5.75 Å². The number of halogens is 8. The van der Waals surface area contributed by atoms with Crippen molar-refractivity contribution >= 4 is 23.2 Å². The normalized spacial score (nSPS) is 12.3. The van der Waals surface area contributed by atoms with Crippen molar-refractivity contribution in [2.45, 2.75) is 12.4 Å². The molecule has 10 heteroatoms. The third kappa shape index (κ3) is 3.99. The predicted molar refractivity (Wildman–Crippen MR) is 74.6 cm³/mol. The average Bonchev–Trinajstić information content (AvgIpc) is 2.42. The van der Waals surface area contributed by atoms with Gasteiger partial charge in [-0.05, 0) is 30.3 Å². The van der Waals surface area contributed by atoms with Gasteiger partial charge in [0.25, 0.3) is 0 Å². The summed E-state index contributed by atoms with van der Waals surface area (Å²) in [5.74, 6) is -1.88. The van der Waals surface area contributed by atoms with Crippen LogP contribution in [0, 0.1) is 0 Å². The molecule has 2 rings (SSSR count). The molecule has 0 aliphatic heterocycles. The second kappa shape index (κ2) is 6.25. The highest BCUT2D eigenvalue weighted by molar-refractivity contribution is 6.37. The molecule has 0 saturated heterocycles. The van der Waals surface area contributed by atoms with Crippen LogP contribution < -0.4 is 4.74 Å². The van der Waals surface area contributed by atoms with Crippen LogP contribution in [0.1, 0.15) is 11.1 Å². The Kier molecular flexibility index (Phi) is 4.83. The zero-order valence-electron chi connectivity index (χ0n) is 11.3. The van der Waals surface area contributed by atoms with E-state index in [1.54, 1.807) is 0 Å². The van der Waals surface area contributed by atoms with Crippen LogP contribution in [0.2, 0.25) is 10.0 Å². The van der Waals surface area contributed by atoms with Crippen LogP contribution in [0.25, 0.3) is 0 Å². The molecule has 0 saturated carbocycles. The second-order valence-electron chi connectivity index (χ2n) is 4.55. The van der Waals surface area contributed by atoms with Crippen LogP contribution in [-0.2, 0) is 12.4 Å². The van der Waals surface area contributed by atoms with Crippen LogP contribution in [0.3, 0.4) is 0 Å². The molecule has 0 radical (unpaired) electrons. The largest absolute Gasteiger partial charge is 0.507 e. The topological polar surface area (TPSA) is 29.5 Å². The van der Waals surface area contributed by atoms with Crippen molar-refractivity contribution in [3.8, 4) is 17.2 Å². The van der Waals surface area contributed by atoms with Gasteiger partial charge in [-0.3, -0.25) is 0 Å². The lowest BCUT2D eigenvalue weighted by Crippen LogP contribution is -2.06. The minimum Gasteiger partial charge on any atom is -0.507 e. The number of hydrogen-bond acceptors (Lipinski definition) is 2. The second-order valence-corrected chi connectivity index (χ2v) is 5.36. The molecule has 24 heavy (non-hydrogen) atoms. The molecule has 2 aromatic rings. The van der Waals surface area contributed by atoms with Crippen molar-refractivity contribution in [1.82, 2.24) is 0 Å². The van der Waals surface area contributed by atoms with E-state index in [9.17, 15) is 31.4 Å². The molecule has 0 fully saturated rings. The van der Waals surface area contributed by atoms with Crippen LogP contribution in [0.4, 0.5) is 26.3 Å². The Morgan fingerprint density at radius 1 is 0.833 bits per heavy atom. The van der Waals surface area contributed by atoms with Crippen molar-refractivity contribution < 1.29 is 36.2 Å². The Morgan fingerprint density at radius 3 is 1.83 bits per heavy atom. The summed E-state index contributed by atoms with van der Waals surface area (Å²) in [6.45, 7) is 0. The lowest BCUT2D eigenvalue weighted by atomic mass is 10.2. The molecule has 0 aliphatic carbocycles. The number of hydrogen-bond donors (Lipinski definition) is 1. The van der Waals surface area contributed by atoms with Crippen molar-refractivity contribution in [2.24, 2.45) is 0 Å². The summed E-state index contributed by atoms with van der Waals surface area (Å²) in [6, 6.07) is 3.25. The molecule has 0 heterocycles. The summed E-state index contributed by atoms with van der Waals surface area (Å²) < 4.78 is 81.1.